The number of hydrogen-bond donors (Lipinski definition) is 0. The van der Waals surface area contributed by atoms with Gasteiger partial charge in [-0.25, -0.2) is 8.78 Å². The third kappa shape index (κ3) is 19.7. The highest BCUT2D eigenvalue weighted by atomic mass is 19.3. The Balaban J connectivity index is -0.000000319. The number of carbonyl (C=O) groups is 2. The maximum Gasteiger partial charge on any atom is 0.374 e. The standard InChI is InChI=1S/C29H27NO2.C11H16F6O.C8H12.C4H10.5C2H6.2H2O/c1-19(2)25-15-13-22(17-27(25)21(4)31)11-12-23-14-16-26-20(3)30(29(32)28(26)18-23)24-9-7-5-6-8-10-24;1-5-7(3,6-2)18-11(17)8(4,12)9(13,14)10(11,15)16;1-2-8-6-4-3-5-7-8;1-3-4-2;5*1-2;;/h7,9-18H,1,3,5-6,8H2,2,4H3;5-6H2,1-4H3;4,6-7H,2-3,5H2,1H3;3-4H2,1-2H3;5*1-2H3;2*1H2/b12-11-;;;;;;;;;;. The van der Waals surface area contributed by atoms with Gasteiger partial charge < -0.3 is 15.7 Å². The summed E-state index contributed by atoms with van der Waals surface area (Å²) in [4.78, 5) is 27.0. The summed E-state index contributed by atoms with van der Waals surface area (Å²) in [6, 6.07) is 11.6. The normalized spacial score (nSPS) is 18.9. The summed E-state index contributed by atoms with van der Waals surface area (Å²) < 4.78 is 84.3. The first kappa shape index (κ1) is 78.1. The van der Waals surface area contributed by atoms with Crippen LogP contribution in [0, 0.1) is 0 Å². The fourth-order valence-corrected chi connectivity index (χ4v) is 6.93. The number of ether oxygens (including phenoxy) is 1. The molecule has 1 aliphatic heterocycles. The predicted octanol–water partition coefficient (Wildman–Crippen LogP) is 19.4. The average Bonchev–Trinajstić information content (AvgIpc) is 3.54. The van der Waals surface area contributed by atoms with Crippen molar-refractivity contribution in [1.29, 1.82) is 0 Å². The first-order chi connectivity index (χ1) is 34.0. The number of fused-ring (bicyclic) bond motifs is 1. The molecule has 0 aromatic heterocycles. The van der Waals surface area contributed by atoms with Gasteiger partial charge in [0.05, 0.1) is 16.9 Å². The molecule has 3 aliphatic carbocycles. The van der Waals surface area contributed by atoms with Crippen LogP contribution in [0.4, 0.5) is 26.3 Å². The second-order valence-corrected chi connectivity index (χ2v) is 16.4. The lowest BCUT2D eigenvalue weighted by Gasteiger charge is -2.58. The van der Waals surface area contributed by atoms with Gasteiger partial charge in [0.2, 0.25) is 5.67 Å². The number of rotatable bonds is 11. The molecule has 2 aromatic rings. The Hall–Kier alpha value is -4.78. The Kier molecular flexibility index (Phi) is 40.9. The predicted molar refractivity (Wildman–Crippen MR) is 307 cm³/mol. The SMILES string of the molecule is C=C(C)c1ccc(/C=C\c2ccc3c(c2)C(=O)N(C2=CCCCC=C2)C3=C)cc1C(C)=O.CC.CC.CC.CC.CC.CCC(C)(CC)OC1(F)C(C)(F)C(F)(F)C1(F)F.CCC1=CCCC=C1.CCCC.O.O. The van der Waals surface area contributed by atoms with E-state index >= 15 is 0 Å². The van der Waals surface area contributed by atoms with Crippen LogP contribution in [0.5, 0.6) is 0 Å². The molecule has 12 heteroatoms. The number of amides is 1. The molecule has 6 nitrogen and oxygen atoms in total. The molecule has 0 bridgehead atoms. The van der Waals surface area contributed by atoms with Crippen molar-refractivity contribution in [2.75, 3.05) is 0 Å². The van der Waals surface area contributed by atoms with Crippen LogP contribution in [-0.4, -0.2) is 56.5 Å². The van der Waals surface area contributed by atoms with E-state index in [2.05, 4.69) is 69.0 Å². The minimum absolute atomic E-state index is 0. The van der Waals surface area contributed by atoms with E-state index in [0.29, 0.717) is 11.1 Å². The number of nitrogens with zero attached hydrogens (tertiary/aromatic N) is 1. The molecule has 6 rings (SSSR count). The Labute approximate surface area is 445 Å². The molecule has 424 valence electrons. The molecular weight excluding hydrogens is 953 g/mol. The number of allylic oxidation sites excluding steroid dienone is 8. The fourth-order valence-electron chi connectivity index (χ4n) is 6.93. The molecule has 1 saturated carbocycles. The van der Waals surface area contributed by atoms with Crippen molar-refractivity contribution in [3.8, 4) is 0 Å². The van der Waals surface area contributed by atoms with Crippen molar-refractivity contribution >= 4 is 35.1 Å². The van der Waals surface area contributed by atoms with Crippen LogP contribution in [0.3, 0.4) is 0 Å². The zero-order valence-corrected chi connectivity index (χ0v) is 49.0. The first-order valence-corrected chi connectivity index (χ1v) is 26.8. The minimum Gasteiger partial charge on any atom is -0.412 e. The molecule has 1 amide bonds. The number of benzene rings is 2. The minimum atomic E-state index is -5.19. The van der Waals surface area contributed by atoms with Gasteiger partial charge in [0.25, 0.3) is 5.91 Å². The van der Waals surface area contributed by atoms with Gasteiger partial charge in [-0.3, -0.25) is 14.5 Å². The number of alkyl halides is 6. The summed E-state index contributed by atoms with van der Waals surface area (Å²) in [6.07, 6.45) is 26.5. The molecule has 4 N–H and O–H groups in total. The van der Waals surface area contributed by atoms with Crippen LogP contribution < -0.4 is 0 Å². The van der Waals surface area contributed by atoms with Crippen molar-refractivity contribution in [2.45, 2.75) is 225 Å². The Morgan fingerprint density at radius 1 is 0.689 bits per heavy atom. The van der Waals surface area contributed by atoms with Crippen molar-refractivity contribution < 1.29 is 51.6 Å². The van der Waals surface area contributed by atoms with Crippen LogP contribution in [0.2, 0.25) is 0 Å². The van der Waals surface area contributed by atoms with Gasteiger partial charge >= 0.3 is 17.7 Å². The maximum absolute atomic E-state index is 14.0. The molecule has 4 aliphatic rings. The van der Waals surface area contributed by atoms with Gasteiger partial charge in [0.1, 0.15) is 0 Å². The van der Waals surface area contributed by atoms with Crippen LogP contribution in [0.1, 0.15) is 239 Å². The quantitative estimate of drug-likeness (QED) is 0.127. The summed E-state index contributed by atoms with van der Waals surface area (Å²) in [6.45, 7) is 42.6. The van der Waals surface area contributed by atoms with E-state index in [4.69, 9.17) is 0 Å². The third-order valence-electron chi connectivity index (χ3n) is 11.7. The second-order valence-electron chi connectivity index (χ2n) is 16.4. The smallest absolute Gasteiger partial charge is 0.374 e. The monoisotopic (exact) mass is 1050 g/mol. The van der Waals surface area contributed by atoms with Gasteiger partial charge in [0, 0.05) is 16.8 Å². The van der Waals surface area contributed by atoms with Gasteiger partial charge in [-0.05, 0) is 114 Å². The van der Waals surface area contributed by atoms with Gasteiger partial charge in [-0.1, -0.05) is 208 Å². The average molecular weight is 1050 g/mol. The molecule has 0 radical (unpaired) electrons. The zero-order chi connectivity index (χ0) is 56.7. The molecule has 2 atom stereocenters. The van der Waals surface area contributed by atoms with E-state index in [1.54, 1.807) is 11.8 Å². The molecular formula is C62H99F6NO5. The van der Waals surface area contributed by atoms with Crippen LogP contribution in [0.25, 0.3) is 23.4 Å². The number of halogens is 6. The zero-order valence-electron chi connectivity index (χ0n) is 49.0. The lowest BCUT2D eigenvalue weighted by atomic mass is 9.69. The Bertz CT molecular complexity index is 2090. The van der Waals surface area contributed by atoms with E-state index < -0.39 is 29.0 Å². The van der Waals surface area contributed by atoms with E-state index in [-0.39, 0.29) is 42.4 Å². The van der Waals surface area contributed by atoms with Gasteiger partial charge in [-0.2, -0.15) is 17.6 Å². The van der Waals surface area contributed by atoms with Crippen molar-refractivity contribution in [3.63, 3.8) is 0 Å². The maximum atomic E-state index is 14.0. The van der Waals surface area contributed by atoms with E-state index in [9.17, 15) is 35.9 Å². The topological polar surface area (TPSA) is 110 Å². The number of unbranched alkanes of at least 4 members (excludes halogenated alkanes) is 1. The number of ketones is 1. The molecule has 1 fully saturated rings. The number of carbonyl (C=O) groups excluding carboxylic acids is 2. The largest absolute Gasteiger partial charge is 0.412 e. The number of hydrogen-bond acceptors (Lipinski definition) is 3. The summed E-state index contributed by atoms with van der Waals surface area (Å²) in [5, 5.41) is 0. The highest BCUT2D eigenvalue weighted by Crippen LogP contribution is 2.69. The Morgan fingerprint density at radius 2 is 1.19 bits per heavy atom. The number of Topliss-reactive ketones (excluding diaryl/α,β-unsaturated/α-hetero) is 1. The van der Waals surface area contributed by atoms with Gasteiger partial charge in [0.15, 0.2) is 5.78 Å². The first-order valence-electron chi connectivity index (χ1n) is 26.8. The lowest BCUT2D eigenvalue weighted by molar-refractivity contribution is -0.510. The molecule has 2 unspecified atom stereocenters. The second kappa shape index (κ2) is 38.7. The van der Waals surface area contributed by atoms with Crippen LogP contribution >= 0.6 is 0 Å². The third-order valence-corrected chi connectivity index (χ3v) is 11.7. The molecule has 1 heterocycles. The molecule has 0 saturated heterocycles. The molecule has 2 aromatic carbocycles. The summed E-state index contributed by atoms with van der Waals surface area (Å²) >= 11 is 0. The van der Waals surface area contributed by atoms with Gasteiger partial charge in [-0.15, -0.1) is 0 Å². The fraction of sp³-hybridized carbons (Fsp3) is 0.548. The van der Waals surface area contributed by atoms with E-state index in [1.807, 2.05) is 131 Å². The van der Waals surface area contributed by atoms with Crippen LogP contribution in [-0.2, 0) is 4.74 Å². The van der Waals surface area contributed by atoms with Crippen molar-refractivity contribution in [2.24, 2.45) is 0 Å². The van der Waals surface area contributed by atoms with Crippen molar-refractivity contribution in [1.82, 2.24) is 4.90 Å². The van der Waals surface area contributed by atoms with E-state index in [1.165, 1.54) is 58.4 Å². The summed E-state index contributed by atoms with van der Waals surface area (Å²) in [5.41, 5.74) is 3.42. The van der Waals surface area contributed by atoms with E-state index in [0.717, 1.165) is 58.5 Å². The molecule has 0 spiro atoms. The van der Waals surface area contributed by atoms with Crippen molar-refractivity contribution in [3.05, 3.63) is 131 Å². The lowest BCUT2D eigenvalue weighted by Crippen LogP contribution is -2.86. The van der Waals surface area contributed by atoms with Crippen LogP contribution in [0.15, 0.2) is 97.3 Å². The highest BCUT2D eigenvalue weighted by Gasteiger charge is 2.98. The Morgan fingerprint density at radius 3 is 1.61 bits per heavy atom. The molecule has 74 heavy (non-hydrogen) atoms. The highest BCUT2D eigenvalue weighted by molar-refractivity contribution is 6.10. The summed E-state index contributed by atoms with van der Waals surface area (Å²) in [5.74, 6) is -14.6. The summed E-state index contributed by atoms with van der Waals surface area (Å²) in [7, 11) is 0.